The van der Waals surface area contributed by atoms with E-state index in [0.717, 1.165) is 6.29 Å². The Morgan fingerprint density at radius 3 is 2.47 bits per heavy atom. The van der Waals surface area contributed by atoms with E-state index in [2.05, 4.69) is 28.6 Å². The first-order chi connectivity index (χ1) is 9.08. The molecule has 0 heterocycles. The summed E-state index contributed by atoms with van der Waals surface area (Å²) in [6.45, 7) is -0.105. The van der Waals surface area contributed by atoms with Crippen molar-refractivity contribution in [3.8, 4) is 0 Å². The molecule has 0 aromatic heterocycles. The Hall–Kier alpha value is -1.41. The van der Waals surface area contributed by atoms with Crippen LogP contribution in [0, 0.1) is 0 Å². The maximum Gasteiger partial charge on any atom is 0.243 e. The van der Waals surface area contributed by atoms with Gasteiger partial charge >= 0.3 is 0 Å². The summed E-state index contributed by atoms with van der Waals surface area (Å²) in [5.41, 5.74) is 0. The second kappa shape index (κ2) is 10.5. The van der Waals surface area contributed by atoms with E-state index in [0.29, 0.717) is 12.7 Å². The van der Waals surface area contributed by atoms with Crippen molar-refractivity contribution in [3.63, 3.8) is 0 Å². The predicted octanol–water partition coefficient (Wildman–Crippen LogP) is -1.72. The number of thiol groups is 1. The molecule has 0 saturated carbocycles. The predicted molar refractivity (Wildman–Crippen MR) is 73.0 cm³/mol. The molecule has 0 aliphatic heterocycles. The Morgan fingerprint density at radius 1 is 1.32 bits per heavy atom. The second-order valence-corrected chi connectivity index (χ2v) is 4.15. The summed E-state index contributed by atoms with van der Waals surface area (Å²) in [6.07, 6.45) is 1.74. The SMILES string of the molecule is CN[C@H](C=O)CCC(=O)N[C@@H](CS)C(=O)NCC=O. The Bertz CT molecular complexity index is 325. The van der Waals surface area contributed by atoms with E-state index < -0.39 is 11.9 Å². The topological polar surface area (TPSA) is 104 Å². The van der Waals surface area contributed by atoms with Crippen LogP contribution in [0.25, 0.3) is 0 Å². The zero-order valence-corrected chi connectivity index (χ0v) is 11.6. The standard InChI is InChI=1S/C11H19N3O4S/c1-12-8(6-16)2-3-10(17)14-9(7-19)11(18)13-4-5-15/h5-6,8-9,12,19H,2-4,7H2,1H3,(H,13,18)(H,14,17)/t8-,9-/m0/s1. The van der Waals surface area contributed by atoms with Crippen molar-refractivity contribution in [3.05, 3.63) is 0 Å². The molecule has 0 fully saturated rings. The molecule has 0 aromatic carbocycles. The fourth-order valence-corrected chi connectivity index (χ4v) is 1.55. The van der Waals surface area contributed by atoms with Crippen LogP contribution in [0.4, 0.5) is 0 Å². The van der Waals surface area contributed by atoms with Gasteiger partial charge in [0.2, 0.25) is 11.8 Å². The van der Waals surface area contributed by atoms with Gasteiger partial charge in [0.15, 0.2) is 0 Å². The summed E-state index contributed by atoms with van der Waals surface area (Å²) < 4.78 is 0. The first kappa shape index (κ1) is 17.6. The Morgan fingerprint density at radius 2 is 2.00 bits per heavy atom. The van der Waals surface area contributed by atoms with Crippen LogP contribution in [0.2, 0.25) is 0 Å². The zero-order valence-electron chi connectivity index (χ0n) is 10.7. The highest BCUT2D eigenvalue weighted by Gasteiger charge is 2.19. The number of likely N-dealkylation sites (N-methyl/N-ethyl adjacent to an activating group) is 1. The number of rotatable bonds is 10. The largest absolute Gasteiger partial charge is 0.348 e. The van der Waals surface area contributed by atoms with Crippen LogP contribution in [0.1, 0.15) is 12.8 Å². The van der Waals surface area contributed by atoms with Gasteiger partial charge in [-0.1, -0.05) is 0 Å². The van der Waals surface area contributed by atoms with Crippen LogP contribution in [0.5, 0.6) is 0 Å². The number of hydrogen-bond donors (Lipinski definition) is 4. The van der Waals surface area contributed by atoms with E-state index >= 15 is 0 Å². The fraction of sp³-hybridized carbons (Fsp3) is 0.636. The van der Waals surface area contributed by atoms with Gasteiger partial charge in [-0.3, -0.25) is 9.59 Å². The van der Waals surface area contributed by atoms with Gasteiger partial charge in [0.25, 0.3) is 0 Å². The molecule has 3 N–H and O–H groups in total. The van der Waals surface area contributed by atoms with Crippen molar-refractivity contribution in [2.75, 3.05) is 19.3 Å². The lowest BCUT2D eigenvalue weighted by Gasteiger charge is -2.16. The van der Waals surface area contributed by atoms with Crippen LogP contribution in [0.15, 0.2) is 0 Å². The van der Waals surface area contributed by atoms with E-state index in [1.54, 1.807) is 7.05 Å². The minimum atomic E-state index is -0.792. The molecule has 108 valence electrons. The zero-order chi connectivity index (χ0) is 14.7. The van der Waals surface area contributed by atoms with Crippen molar-refractivity contribution >= 4 is 37.0 Å². The number of carbonyl (C=O) groups is 4. The van der Waals surface area contributed by atoms with E-state index in [-0.39, 0.29) is 30.7 Å². The highest BCUT2D eigenvalue weighted by Crippen LogP contribution is 1.96. The first-order valence-corrected chi connectivity index (χ1v) is 6.46. The van der Waals surface area contributed by atoms with Gasteiger partial charge in [0.05, 0.1) is 12.6 Å². The van der Waals surface area contributed by atoms with Gasteiger partial charge in [-0.2, -0.15) is 12.6 Å². The monoisotopic (exact) mass is 289 g/mol. The summed E-state index contributed by atoms with van der Waals surface area (Å²) >= 11 is 3.96. The highest BCUT2D eigenvalue weighted by molar-refractivity contribution is 7.80. The summed E-state index contributed by atoms with van der Waals surface area (Å²) in [4.78, 5) is 43.8. The van der Waals surface area contributed by atoms with Crippen molar-refractivity contribution in [2.45, 2.75) is 24.9 Å². The first-order valence-electron chi connectivity index (χ1n) is 5.83. The van der Waals surface area contributed by atoms with E-state index in [9.17, 15) is 19.2 Å². The molecule has 0 bridgehead atoms. The van der Waals surface area contributed by atoms with Gasteiger partial charge in [-0.15, -0.1) is 0 Å². The molecular weight excluding hydrogens is 270 g/mol. The molecule has 19 heavy (non-hydrogen) atoms. The lowest BCUT2D eigenvalue weighted by molar-refractivity contribution is -0.129. The highest BCUT2D eigenvalue weighted by atomic mass is 32.1. The summed E-state index contributed by atoms with van der Waals surface area (Å²) in [7, 11) is 1.63. The molecule has 0 aromatic rings. The lowest BCUT2D eigenvalue weighted by Crippen LogP contribution is -2.48. The number of nitrogens with one attached hydrogen (secondary N) is 3. The Kier molecular flexibility index (Phi) is 9.73. The fourth-order valence-electron chi connectivity index (χ4n) is 1.29. The molecular formula is C11H19N3O4S. The molecule has 0 saturated heterocycles. The molecule has 0 radical (unpaired) electrons. The Balaban J connectivity index is 4.15. The summed E-state index contributed by atoms with van der Waals surface area (Å²) in [5, 5.41) is 7.57. The van der Waals surface area contributed by atoms with Crippen molar-refractivity contribution in [1.82, 2.24) is 16.0 Å². The minimum absolute atomic E-state index is 0.105. The number of carbonyl (C=O) groups excluding carboxylic acids is 4. The average molecular weight is 289 g/mol. The maximum absolute atomic E-state index is 11.6. The number of amides is 2. The van der Waals surface area contributed by atoms with Crippen LogP contribution in [0.3, 0.4) is 0 Å². The molecule has 8 heteroatoms. The van der Waals surface area contributed by atoms with E-state index in [1.165, 1.54) is 0 Å². The van der Waals surface area contributed by atoms with Crippen molar-refractivity contribution in [1.29, 1.82) is 0 Å². The van der Waals surface area contributed by atoms with Gasteiger partial charge < -0.3 is 25.5 Å². The van der Waals surface area contributed by atoms with E-state index in [1.807, 2.05) is 0 Å². The molecule has 7 nitrogen and oxygen atoms in total. The van der Waals surface area contributed by atoms with Crippen LogP contribution in [-0.4, -0.2) is 55.8 Å². The summed E-state index contributed by atoms with van der Waals surface area (Å²) in [5.74, 6) is -0.682. The third-order valence-electron chi connectivity index (χ3n) is 2.41. The molecule has 2 atom stereocenters. The lowest BCUT2D eigenvalue weighted by atomic mass is 10.1. The van der Waals surface area contributed by atoms with E-state index in [4.69, 9.17) is 0 Å². The smallest absolute Gasteiger partial charge is 0.243 e. The number of aldehydes is 2. The molecule has 0 spiro atoms. The molecule has 0 rings (SSSR count). The van der Waals surface area contributed by atoms with Crippen LogP contribution < -0.4 is 16.0 Å². The van der Waals surface area contributed by atoms with Gasteiger partial charge in [0, 0.05) is 12.2 Å². The average Bonchev–Trinajstić information content (AvgIpc) is 2.43. The third kappa shape index (κ3) is 7.58. The van der Waals surface area contributed by atoms with Gasteiger partial charge in [-0.05, 0) is 13.5 Å². The molecule has 0 aliphatic carbocycles. The Labute approximate surface area is 117 Å². The quantitative estimate of drug-likeness (QED) is 0.283. The van der Waals surface area contributed by atoms with Gasteiger partial charge in [-0.25, -0.2) is 0 Å². The third-order valence-corrected chi connectivity index (χ3v) is 2.78. The second-order valence-electron chi connectivity index (χ2n) is 3.78. The molecule has 0 unspecified atom stereocenters. The van der Waals surface area contributed by atoms with Crippen LogP contribution >= 0.6 is 12.6 Å². The van der Waals surface area contributed by atoms with Crippen molar-refractivity contribution in [2.24, 2.45) is 0 Å². The van der Waals surface area contributed by atoms with Crippen molar-refractivity contribution < 1.29 is 19.2 Å². The molecule has 0 aliphatic rings. The minimum Gasteiger partial charge on any atom is -0.348 e. The summed E-state index contributed by atoms with van der Waals surface area (Å²) in [6, 6.07) is -1.18. The molecule has 2 amide bonds. The van der Waals surface area contributed by atoms with Crippen LogP contribution in [-0.2, 0) is 19.2 Å². The maximum atomic E-state index is 11.6. The normalized spacial score (nSPS) is 13.2. The number of hydrogen-bond acceptors (Lipinski definition) is 6. The van der Waals surface area contributed by atoms with Gasteiger partial charge in [0.1, 0.15) is 18.6 Å².